The van der Waals surface area contributed by atoms with Gasteiger partial charge in [0.1, 0.15) is 17.3 Å². The first-order valence-electron chi connectivity index (χ1n) is 13.8. The molecule has 7 N–H and O–H groups in total. The zero-order valence-corrected chi connectivity index (χ0v) is 26.6. The van der Waals surface area contributed by atoms with E-state index >= 15 is 0 Å². The predicted octanol–water partition coefficient (Wildman–Crippen LogP) is 3.62. The Morgan fingerprint density at radius 2 is 1.88 bits per heavy atom. The van der Waals surface area contributed by atoms with Gasteiger partial charge in [-0.15, -0.1) is 0 Å². The Kier molecular flexibility index (Phi) is 11.8. The van der Waals surface area contributed by atoms with Gasteiger partial charge in [-0.25, -0.2) is 8.42 Å². The first kappa shape index (κ1) is 34.2. The van der Waals surface area contributed by atoms with Crippen LogP contribution < -0.4 is 21.5 Å². The van der Waals surface area contributed by atoms with Crippen LogP contribution in [-0.2, 0) is 25.8 Å². The SMILES string of the molecule is CCCC[C@]1(CC)CS(=O)(=O)c2cc(C[C@](N)(CSSCC(N)C(=O)O)C(=O)O)c(OC)cc2[C@@H](c2ccccc2)N1. The van der Waals surface area contributed by atoms with Crippen LogP contribution in [0.3, 0.4) is 0 Å². The number of unbranched alkanes of at least 4 members (excludes halogenated alkanes) is 1. The van der Waals surface area contributed by atoms with Crippen LogP contribution in [0, 0.1) is 0 Å². The summed E-state index contributed by atoms with van der Waals surface area (Å²) in [5, 5.41) is 22.8. The highest BCUT2D eigenvalue weighted by atomic mass is 33.1. The summed E-state index contributed by atoms with van der Waals surface area (Å²) in [5.41, 5.74) is 11.3. The summed E-state index contributed by atoms with van der Waals surface area (Å²) >= 11 is 0. The number of nitrogens with one attached hydrogen (secondary N) is 1. The normalized spacial score (nSPS) is 21.9. The van der Waals surface area contributed by atoms with Gasteiger partial charge in [-0.3, -0.25) is 14.9 Å². The van der Waals surface area contributed by atoms with Crippen molar-refractivity contribution in [1.29, 1.82) is 0 Å². The van der Waals surface area contributed by atoms with Crippen LogP contribution in [0.15, 0.2) is 47.4 Å². The average molecular weight is 640 g/mol. The number of fused-ring (bicyclic) bond motifs is 1. The van der Waals surface area contributed by atoms with E-state index in [1.807, 2.05) is 37.3 Å². The van der Waals surface area contributed by atoms with E-state index in [4.69, 9.17) is 21.3 Å². The molecule has 0 aromatic heterocycles. The number of hydrogen-bond donors (Lipinski definition) is 5. The second kappa shape index (κ2) is 14.5. The van der Waals surface area contributed by atoms with Gasteiger partial charge in [-0.1, -0.05) is 78.6 Å². The van der Waals surface area contributed by atoms with Crippen LogP contribution in [-0.4, -0.2) is 72.1 Å². The van der Waals surface area contributed by atoms with Crippen molar-refractivity contribution in [3.8, 4) is 5.75 Å². The quantitative estimate of drug-likeness (QED) is 0.141. The molecule has 1 aliphatic heterocycles. The minimum atomic E-state index is -3.82. The number of carboxylic acids is 2. The topological polar surface area (TPSA) is 182 Å². The Morgan fingerprint density at radius 1 is 1.19 bits per heavy atom. The van der Waals surface area contributed by atoms with Crippen molar-refractivity contribution in [2.75, 3.05) is 24.4 Å². The zero-order chi connectivity index (χ0) is 31.1. The van der Waals surface area contributed by atoms with Crippen molar-refractivity contribution in [2.45, 2.75) is 74.0 Å². The summed E-state index contributed by atoms with van der Waals surface area (Å²) in [4.78, 5) is 23.5. The van der Waals surface area contributed by atoms with Crippen LogP contribution in [0.4, 0.5) is 0 Å². The summed E-state index contributed by atoms with van der Waals surface area (Å²) in [6.45, 7) is 4.07. The smallest absolute Gasteiger partial charge is 0.324 e. The van der Waals surface area contributed by atoms with Gasteiger partial charge in [0.05, 0.1) is 23.8 Å². The molecule has 1 aliphatic rings. The predicted molar refractivity (Wildman–Crippen MR) is 168 cm³/mol. The maximum atomic E-state index is 14.1. The fraction of sp³-hybridized carbons (Fsp3) is 0.517. The molecule has 0 aliphatic carbocycles. The van der Waals surface area contributed by atoms with Gasteiger partial charge >= 0.3 is 11.9 Å². The van der Waals surface area contributed by atoms with Crippen LogP contribution in [0.25, 0.3) is 0 Å². The molecule has 13 heteroatoms. The van der Waals surface area contributed by atoms with Gasteiger partial charge in [0.25, 0.3) is 0 Å². The molecule has 0 fully saturated rings. The fourth-order valence-electron chi connectivity index (χ4n) is 5.12. The molecule has 1 unspecified atom stereocenters. The maximum Gasteiger partial charge on any atom is 0.324 e. The molecule has 0 saturated carbocycles. The molecule has 42 heavy (non-hydrogen) atoms. The molecule has 2 aromatic carbocycles. The van der Waals surface area contributed by atoms with E-state index in [1.54, 1.807) is 6.07 Å². The van der Waals surface area contributed by atoms with E-state index in [1.165, 1.54) is 13.2 Å². The lowest BCUT2D eigenvalue weighted by atomic mass is 9.87. The van der Waals surface area contributed by atoms with Crippen molar-refractivity contribution in [3.05, 3.63) is 59.2 Å². The van der Waals surface area contributed by atoms with Gasteiger partial charge < -0.3 is 26.4 Å². The second-order valence-electron chi connectivity index (χ2n) is 10.8. The van der Waals surface area contributed by atoms with E-state index < -0.39 is 44.9 Å². The van der Waals surface area contributed by atoms with Crippen molar-refractivity contribution in [2.24, 2.45) is 11.5 Å². The first-order valence-corrected chi connectivity index (χ1v) is 18.0. The highest BCUT2D eigenvalue weighted by molar-refractivity contribution is 8.76. The Labute approximate surface area is 255 Å². The molecular formula is C29H41N3O7S3. The molecule has 1 heterocycles. The largest absolute Gasteiger partial charge is 0.496 e. The third-order valence-electron chi connectivity index (χ3n) is 7.69. The third-order valence-corrected chi connectivity index (χ3v) is 12.2. The van der Waals surface area contributed by atoms with Crippen molar-refractivity contribution in [3.63, 3.8) is 0 Å². The number of hydrogen-bond acceptors (Lipinski definition) is 10. The highest BCUT2D eigenvalue weighted by Crippen LogP contribution is 2.41. The van der Waals surface area contributed by atoms with E-state index in [2.05, 4.69) is 12.2 Å². The second-order valence-corrected chi connectivity index (χ2v) is 15.3. The Hall–Kier alpha value is -2.29. The Balaban J connectivity index is 2.09. The highest BCUT2D eigenvalue weighted by Gasteiger charge is 2.43. The lowest BCUT2D eigenvalue weighted by Gasteiger charge is -2.36. The Morgan fingerprint density at radius 3 is 2.45 bits per heavy atom. The standard InChI is InChI=1S/C29H41N3O7S3/c1-4-6-12-28(5-2)18-42(37,38)24-13-20(15-29(31,27(35)36)17-41-40-16-22(30)26(33)34)23(39-3)14-21(24)25(32-28)19-10-8-7-9-11-19/h7-11,13-14,22,25,32H,4-6,12,15-18,30-31H2,1-3H3,(H,33,34)(H,35,36)/t22?,25-,28-,29+/m1/s1. The molecule has 4 atom stereocenters. The van der Waals surface area contributed by atoms with Crippen LogP contribution >= 0.6 is 21.6 Å². The molecule has 0 bridgehead atoms. The van der Waals surface area contributed by atoms with Crippen molar-refractivity contribution < 1.29 is 33.0 Å². The van der Waals surface area contributed by atoms with Crippen LogP contribution in [0.2, 0.25) is 0 Å². The number of ether oxygens (including phenoxy) is 1. The maximum absolute atomic E-state index is 14.1. The lowest BCUT2D eigenvalue weighted by Crippen LogP contribution is -2.52. The fourth-order valence-corrected chi connectivity index (χ4v) is 9.81. The Bertz CT molecular complexity index is 1360. The van der Waals surface area contributed by atoms with E-state index in [-0.39, 0.29) is 28.6 Å². The number of carboxylic acid groups (broad SMARTS) is 2. The molecule has 232 valence electrons. The number of sulfone groups is 1. The molecule has 10 nitrogen and oxygen atoms in total. The lowest BCUT2D eigenvalue weighted by molar-refractivity contribution is -0.142. The number of carbonyl (C=O) groups is 2. The molecule has 3 rings (SSSR count). The molecule has 0 amide bonds. The third kappa shape index (κ3) is 8.00. The molecule has 2 aromatic rings. The van der Waals surface area contributed by atoms with Crippen molar-refractivity contribution in [1.82, 2.24) is 5.32 Å². The molecular weight excluding hydrogens is 599 g/mol. The number of rotatable bonds is 15. The zero-order valence-electron chi connectivity index (χ0n) is 24.2. The van der Waals surface area contributed by atoms with Crippen molar-refractivity contribution >= 4 is 43.4 Å². The number of benzene rings is 2. The van der Waals surface area contributed by atoms with Gasteiger partial charge in [0, 0.05) is 23.5 Å². The van der Waals surface area contributed by atoms with Gasteiger partial charge in [-0.05, 0) is 41.7 Å². The minimum absolute atomic E-state index is 0.0706. The summed E-state index contributed by atoms with van der Waals surface area (Å²) in [7, 11) is -0.139. The van der Waals surface area contributed by atoms with Crippen LogP contribution in [0.5, 0.6) is 5.75 Å². The number of aliphatic carboxylic acids is 2. The van der Waals surface area contributed by atoms with E-state index in [0.717, 1.165) is 40.0 Å². The number of nitrogens with two attached hydrogens (primary N) is 2. The van der Waals surface area contributed by atoms with E-state index in [9.17, 15) is 23.1 Å². The summed E-state index contributed by atoms with van der Waals surface area (Å²) < 4.78 is 33.9. The molecule has 0 spiro atoms. The van der Waals surface area contributed by atoms with E-state index in [0.29, 0.717) is 29.7 Å². The average Bonchev–Trinajstić information content (AvgIpc) is 3.05. The van der Waals surface area contributed by atoms with Gasteiger partial charge in [0.15, 0.2) is 9.84 Å². The summed E-state index contributed by atoms with van der Waals surface area (Å²) in [5.74, 6) is -2.18. The molecule has 0 radical (unpaired) electrons. The summed E-state index contributed by atoms with van der Waals surface area (Å²) in [6, 6.07) is 11.3. The molecule has 0 saturated heterocycles. The minimum Gasteiger partial charge on any atom is -0.496 e. The van der Waals surface area contributed by atoms with Gasteiger partial charge in [-0.2, -0.15) is 0 Å². The van der Waals surface area contributed by atoms with Crippen LogP contribution in [0.1, 0.15) is 62.3 Å². The monoisotopic (exact) mass is 639 g/mol. The summed E-state index contributed by atoms with van der Waals surface area (Å²) in [6.07, 6.45) is 2.89. The number of methoxy groups -OCH3 is 1. The van der Waals surface area contributed by atoms with Gasteiger partial charge in [0.2, 0.25) is 0 Å². The first-order chi connectivity index (χ1) is 19.8.